The van der Waals surface area contributed by atoms with Gasteiger partial charge in [0.05, 0.1) is 11.8 Å². The highest BCUT2D eigenvalue weighted by Crippen LogP contribution is 2.41. The molecule has 8 nitrogen and oxygen atoms in total. The van der Waals surface area contributed by atoms with Gasteiger partial charge in [0.25, 0.3) is 5.91 Å². The maximum absolute atomic E-state index is 12.9. The van der Waals surface area contributed by atoms with Crippen molar-refractivity contribution >= 4 is 27.6 Å². The number of piperidine rings is 1. The van der Waals surface area contributed by atoms with E-state index in [2.05, 4.69) is 10.2 Å². The molecule has 1 amide bonds. The molecule has 1 saturated heterocycles. The molecule has 0 radical (unpaired) electrons. The number of anilines is 1. The summed E-state index contributed by atoms with van der Waals surface area (Å²) in [6.07, 6.45) is 2.46. The number of sulfonamides is 1. The molecular formula is C21H29N3O5S. The van der Waals surface area contributed by atoms with Gasteiger partial charge in [0, 0.05) is 57.3 Å². The Morgan fingerprint density at radius 3 is 2.47 bits per heavy atom. The fraction of sp³-hybridized carbons (Fsp3) is 0.524. The van der Waals surface area contributed by atoms with E-state index in [0.29, 0.717) is 17.7 Å². The van der Waals surface area contributed by atoms with Gasteiger partial charge in [0.2, 0.25) is 10.0 Å². The number of nitrogens with zero attached hydrogens (tertiary/aromatic N) is 2. The third-order valence-electron chi connectivity index (χ3n) is 5.80. The van der Waals surface area contributed by atoms with Crippen molar-refractivity contribution in [3.05, 3.63) is 41.5 Å². The van der Waals surface area contributed by atoms with Gasteiger partial charge in [-0.3, -0.25) is 4.79 Å². The Morgan fingerprint density at radius 2 is 1.87 bits per heavy atom. The van der Waals surface area contributed by atoms with Crippen molar-refractivity contribution < 1.29 is 22.7 Å². The Hall–Kier alpha value is -2.39. The molecule has 0 aromatic heterocycles. The summed E-state index contributed by atoms with van der Waals surface area (Å²) in [4.78, 5) is 27.3. The highest BCUT2D eigenvalue weighted by molar-refractivity contribution is 7.88. The summed E-state index contributed by atoms with van der Waals surface area (Å²) in [5.74, 6) is -0.815. The number of ether oxygens (including phenoxy) is 1. The van der Waals surface area contributed by atoms with Crippen LogP contribution in [0.3, 0.4) is 0 Å². The average molecular weight is 436 g/mol. The Morgan fingerprint density at radius 1 is 1.23 bits per heavy atom. The third kappa shape index (κ3) is 4.67. The normalized spacial score (nSPS) is 19.1. The van der Waals surface area contributed by atoms with Crippen LogP contribution in [0.25, 0.3) is 0 Å². The van der Waals surface area contributed by atoms with Crippen molar-refractivity contribution in [3.8, 4) is 0 Å². The monoisotopic (exact) mass is 435 g/mol. The number of hydrogen-bond donors (Lipinski definition) is 1. The van der Waals surface area contributed by atoms with Gasteiger partial charge in [0.15, 0.2) is 0 Å². The van der Waals surface area contributed by atoms with E-state index < -0.39 is 21.6 Å². The van der Waals surface area contributed by atoms with Crippen molar-refractivity contribution in [3.63, 3.8) is 0 Å². The second kappa shape index (κ2) is 8.77. The standard InChI is InChI=1S/C21H29N3O5S/c1-16-18(19(25)22-12-7-13-23(2)17-8-5-4-6-9-17)21(29-20(16)26)10-14-24(15-11-21)30(3,27)28/h4-6,8-9H,7,10-15H2,1-3H3,(H,22,25). The smallest absolute Gasteiger partial charge is 0.335 e. The van der Waals surface area contributed by atoms with Gasteiger partial charge in [0.1, 0.15) is 5.60 Å². The van der Waals surface area contributed by atoms with Crippen LogP contribution in [-0.4, -0.2) is 69.7 Å². The van der Waals surface area contributed by atoms with Crippen LogP contribution in [0.5, 0.6) is 0 Å². The summed E-state index contributed by atoms with van der Waals surface area (Å²) in [6.45, 7) is 3.27. The van der Waals surface area contributed by atoms with Gasteiger partial charge in [-0.15, -0.1) is 0 Å². The van der Waals surface area contributed by atoms with Crippen LogP contribution in [0, 0.1) is 0 Å². The zero-order chi connectivity index (χ0) is 21.9. The molecule has 0 atom stereocenters. The molecule has 1 spiro atoms. The summed E-state index contributed by atoms with van der Waals surface area (Å²) in [6, 6.07) is 9.99. The predicted molar refractivity (Wildman–Crippen MR) is 115 cm³/mol. The lowest BCUT2D eigenvalue weighted by molar-refractivity contribution is -0.150. The molecule has 9 heteroatoms. The topological polar surface area (TPSA) is 96.0 Å². The van der Waals surface area contributed by atoms with E-state index in [-0.39, 0.29) is 31.8 Å². The van der Waals surface area contributed by atoms with Gasteiger partial charge in [-0.1, -0.05) is 18.2 Å². The van der Waals surface area contributed by atoms with Crippen molar-refractivity contribution in [1.82, 2.24) is 9.62 Å². The Balaban J connectivity index is 1.59. The van der Waals surface area contributed by atoms with E-state index in [0.717, 1.165) is 24.9 Å². The lowest BCUT2D eigenvalue weighted by Gasteiger charge is -2.38. The molecular weight excluding hydrogens is 406 g/mol. The first-order chi connectivity index (χ1) is 14.1. The molecule has 0 unspecified atom stereocenters. The molecule has 2 aliphatic rings. The van der Waals surface area contributed by atoms with Crippen molar-refractivity contribution in [2.45, 2.75) is 31.8 Å². The molecule has 3 rings (SSSR count). The average Bonchev–Trinajstić information content (AvgIpc) is 2.94. The molecule has 0 bridgehead atoms. The van der Waals surface area contributed by atoms with Crippen molar-refractivity contribution in [2.24, 2.45) is 0 Å². The van der Waals surface area contributed by atoms with Gasteiger partial charge >= 0.3 is 5.97 Å². The highest BCUT2D eigenvalue weighted by atomic mass is 32.2. The fourth-order valence-corrected chi connectivity index (χ4v) is 4.92. The fourth-order valence-electron chi connectivity index (χ4n) is 4.08. The molecule has 2 heterocycles. The maximum Gasteiger partial charge on any atom is 0.335 e. The van der Waals surface area contributed by atoms with Crippen LogP contribution in [0.1, 0.15) is 26.2 Å². The first-order valence-electron chi connectivity index (χ1n) is 10.1. The number of carbonyl (C=O) groups excluding carboxylic acids is 2. The van der Waals surface area contributed by atoms with Gasteiger partial charge in [-0.25, -0.2) is 17.5 Å². The number of hydrogen-bond acceptors (Lipinski definition) is 6. The molecule has 1 aromatic rings. The number of rotatable bonds is 7. The zero-order valence-electron chi connectivity index (χ0n) is 17.7. The summed E-state index contributed by atoms with van der Waals surface area (Å²) in [7, 11) is -1.32. The van der Waals surface area contributed by atoms with Gasteiger partial charge in [-0.05, 0) is 25.5 Å². The molecule has 1 fully saturated rings. The van der Waals surface area contributed by atoms with Gasteiger partial charge < -0.3 is 15.0 Å². The molecule has 1 N–H and O–H groups in total. The number of amides is 1. The van der Waals surface area contributed by atoms with Gasteiger partial charge in [-0.2, -0.15) is 0 Å². The lowest BCUT2D eigenvalue weighted by atomic mass is 9.83. The van der Waals surface area contributed by atoms with E-state index in [4.69, 9.17) is 4.74 Å². The summed E-state index contributed by atoms with van der Waals surface area (Å²) in [5, 5.41) is 2.91. The molecule has 2 aliphatic heterocycles. The van der Waals surface area contributed by atoms with E-state index in [1.165, 1.54) is 4.31 Å². The van der Waals surface area contributed by atoms with Crippen LogP contribution in [0.4, 0.5) is 5.69 Å². The Kier molecular flexibility index (Phi) is 6.52. The van der Waals surface area contributed by atoms with Crippen LogP contribution in [0.15, 0.2) is 41.5 Å². The lowest BCUT2D eigenvalue weighted by Crippen LogP contribution is -2.50. The molecule has 0 aliphatic carbocycles. The minimum Gasteiger partial charge on any atom is -0.450 e. The summed E-state index contributed by atoms with van der Waals surface area (Å²) < 4.78 is 30.5. The summed E-state index contributed by atoms with van der Waals surface area (Å²) >= 11 is 0. The zero-order valence-corrected chi connectivity index (χ0v) is 18.5. The van der Waals surface area contributed by atoms with Crippen LogP contribution < -0.4 is 10.2 Å². The molecule has 164 valence electrons. The Bertz CT molecular complexity index is 935. The van der Waals surface area contributed by atoms with E-state index in [1.807, 2.05) is 37.4 Å². The molecule has 1 aromatic carbocycles. The number of esters is 1. The minimum absolute atomic E-state index is 0.220. The molecule has 0 saturated carbocycles. The maximum atomic E-state index is 12.9. The van der Waals surface area contributed by atoms with Crippen molar-refractivity contribution in [2.75, 3.05) is 44.4 Å². The summed E-state index contributed by atoms with van der Waals surface area (Å²) in [5.41, 5.74) is 0.723. The third-order valence-corrected chi connectivity index (χ3v) is 7.11. The van der Waals surface area contributed by atoms with E-state index in [1.54, 1.807) is 6.92 Å². The second-order valence-electron chi connectivity index (χ2n) is 7.91. The Labute approximate surface area is 177 Å². The number of carbonyl (C=O) groups is 2. The predicted octanol–water partition coefficient (Wildman–Crippen LogP) is 1.30. The minimum atomic E-state index is -3.31. The van der Waals surface area contributed by atoms with Crippen molar-refractivity contribution in [1.29, 1.82) is 0 Å². The quantitative estimate of drug-likeness (QED) is 0.512. The van der Waals surface area contributed by atoms with Crippen LogP contribution >= 0.6 is 0 Å². The highest BCUT2D eigenvalue weighted by Gasteiger charge is 2.51. The SMILES string of the molecule is CC1=C(C(=O)NCCCN(C)c2ccccc2)C2(CCN(S(C)(=O)=O)CC2)OC1=O. The molecule has 30 heavy (non-hydrogen) atoms. The first-order valence-corrected chi connectivity index (χ1v) is 11.9. The van der Waals surface area contributed by atoms with E-state index >= 15 is 0 Å². The van der Waals surface area contributed by atoms with Crippen LogP contribution in [0.2, 0.25) is 0 Å². The van der Waals surface area contributed by atoms with Crippen LogP contribution in [-0.2, 0) is 24.3 Å². The largest absolute Gasteiger partial charge is 0.450 e. The first kappa shape index (κ1) is 22.3. The number of benzene rings is 1. The number of para-hydroxylation sites is 1. The second-order valence-corrected chi connectivity index (χ2v) is 9.89. The van der Waals surface area contributed by atoms with E-state index in [9.17, 15) is 18.0 Å². The number of nitrogens with one attached hydrogen (secondary N) is 1.